The van der Waals surface area contributed by atoms with Gasteiger partial charge in [-0.1, -0.05) is 29.8 Å². The van der Waals surface area contributed by atoms with E-state index in [0.717, 1.165) is 5.56 Å². The molecular weight excluding hydrogens is 450 g/mol. The van der Waals surface area contributed by atoms with Gasteiger partial charge < -0.3 is 10.6 Å². The highest BCUT2D eigenvalue weighted by Gasteiger charge is 2.15. The van der Waals surface area contributed by atoms with E-state index >= 15 is 0 Å². The number of halogens is 1. The molecule has 0 spiro atoms. The molecule has 3 aromatic rings. The topological polar surface area (TPSA) is 104 Å². The number of nitrogens with one attached hydrogen (secondary N) is 3. The number of carbonyl (C=O) groups excluding carboxylic acids is 2. The molecule has 0 unspecified atom stereocenters. The Hall–Kier alpha value is -3.62. The second kappa shape index (κ2) is 10.1. The Labute approximate surface area is 191 Å². The first-order chi connectivity index (χ1) is 15.3. The second-order valence-electron chi connectivity index (χ2n) is 6.66. The molecule has 3 rings (SSSR count). The summed E-state index contributed by atoms with van der Waals surface area (Å²) >= 11 is 5.82. The van der Waals surface area contributed by atoms with Crippen LogP contribution in [-0.2, 0) is 14.8 Å². The molecule has 0 atom stereocenters. The molecule has 0 heterocycles. The van der Waals surface area contributed by atoms with Crippen molar-refractivity contribution in [3.05, 3.63) is 95.0 Å². The molecule has 7 nitrogen and oxygen atoms in total. The van der Waals surface area contributed by atoms with Crippen molar-refractivity contribution in [3.63, 3.8) is 0 Å². The summed E-state index contributed by atoms with van der Waals surface area (Å²) < 4.78 is 27.7. The molecule has 32 heavy (non-hydrogen) atoms. The standard InChI is InChI=1S/C23H20ClN3O4S/c1-25-23(29)17-8-5-16(6-9-17)7-14-22(28)26-20-3-2-4-21(15-20)32(30,31)27-19-12-10-18(24)11-13-19/h2-15,27H,1H3,(H,25,29)(H,26,28)/b14-7+. The SMILES string of the molecule is CNC(=O)c1ccc(/C=C/C(=O)Nc2cccc(S(=O)(=O)Nc3ccc(Cl)cc3)c2)cc1. The lowest BCUT2D eigenvalue weighted by molar-refractivity contribution is -0.111. The number of amides is 2. The maximum atomic E-state index is 12.6. The summed E-state index contributed by atoms with van der Waals surface area (Å²) in [7, 11) is -2.30. The molecule has 0 saturated carbocycles. The monoisotopic (exact) mass is 469 g/mol. The molecule has 0 saturated heterocycles. The number of sulfonamides is 1. The smallest absolute Gasteiger partial charge is 0.261 e. The van der Waals surface area contributed by atoms with E-state index in [4.69, 9.17) is 11.6 Å². The van der Waals surface area contributed by atoms with Crippen molar-refractivity contribution in [3.8, 4) is 0 Å². The third-order valence-electron chi connectivity index (χ3n) is 4.34. The van der Waals surface area contributed by atoms with Crippen molar-refractivity contribution in [1.82, 2.24) is 5.32 Å². The fourth-order valence-corrected chi connectivity index (χ4v) is 3.95. The summed E-state index contributed by atoms with van der Waals surface area (Å²) in [5, 5.41) is 5.66. The van der Waals surface area contributed by atoms with Gasteiger partial charge in [0.1, 0.15) is 0 Å². The number of anilines is 2. The van der Waals surface area contributed by atoms with Crippen LogP contribution in [0.5, 0.6) is 0 Å². The molecule has 0 aliphatic rings. The van der Waals surface area contributed by atoms with Crippen LogP contribution in [0.15, 0.2) is 83.8 Å². The van der Waals surface area contributed by atoms with Gasteiger partial charge in [-0.05, 0) is 66.2 Å². The van der Waals surface area contributed by atoms with E-state index in [9.17, 15) is 18.0 Å². The molecule has 9 heteroatoms. The Morgan fingerprint density at radius 2 is 1.59 bits per heavy atom. The molecule has 3 N–H and O–H groups in total. The molecule has 2 amide bonds. The number of hydrogen-bond acceptors (Lipinski definition) is 4. The Kier molecular flexibility index (Phi) is 7.29. The van der Waals surface area contributed by atoms with Gasteiger partial charge in [0.2, 0.25) is 5.91 Å². The molecule has 164 valence electrons. The van der Waals surface area contributed by atoms with Crippen LogP contribution in [0.25, 0.3) is 6.08 Å². The zero-order valence-corrected chi connectivity index (χ0v) is 18.6. The van der Waals surface area contributed by atoms with Crippen LogP contribution in [0.4, 0.5) is 11.4 Å². The third kappa shape index (κ3) is 6.19. The highest BCUT2D eigenvalue weighted by atomic mass is 35.5. The molecule has 0 bridgehead atoms. The van der Waals surface area contributed by atoms with Crippen LogP contribution >= 0.6 is 11.6 Å². The number of hydrogen-bond donors (Lipinski definition) is 3. The molecule has 0 fully saturated rings. The summed E-state index contributed by atoms with van der Waals surface area (Å²) in [5.74, 6) is -0.626. The lowest BCUT2D eigenvalue weighted by Gasteiger charge is -2.10. The van der Waals surface area contributed by atoms with E-state index in [1.807, 2.05) is 0 Å². The highest BCUT2D eigenvalue weighted by Crippen LogP contribution is 2.21. The van der Waals surface area contributed by atoms with Crippen molar-refractivity contribution in [2.75, 3.05) is 17.1 Å². The van der Waals surface area contributed by atoms with E-state index in [2.05, 4.69) is 15.4 Å². The summed E-state index contributed by atoms with van der Waals surface area (Å²) in [6, 6.07) is 18.9. The quantitative estimate of drug-likeness (QED) is 0.452. The van der Waals surface area contributed by atoms with Gasteiger partial charge in [-0.25, -0.2) is 8.42 Å². The van der Waals surface area contributed by atoms with E-state index in [1.54, 1.807) is 67.7 Å². The number of benzene rings is 3. The third-order valence-corrected chi connectivity index (χ3v) is 5.97. The van der Waals surface area contributed by atoms with Gasteiger partial charge in [0, 0.05) is 35.1 Å². The average molecular weight is 470 g/mol. The molecule has 0 aliphatic carbocycles. The first-order valence-electron chi connectivity index (χ1n) is 9.46. The summed E-state index contributed by atoms with van der Waals surface area (Å²) in [6.07, 6.45) is 2.91. The Morgan fingerprint density at radius 1 is 0.906 bits per heavy atom. The van der Waals surface area contributed by atoms with Crippen molar-refractivity contribution in [1.29, 1.82) is 0 Å². The van der Waals surface area contributed by atoms with E-state index in [1.165, 1.54) is 24.3 Å². The van der Waals surface area contributed by atoms with E-state index in [0.29, 0.717) is 22.0 Å². The minimum absolute atomic E-state index is 0.000908. The van der Waals surface area contributed by atoms with Crippen molar-refractivity contribution >= 4 is 50.9 Å². The average Bonchev–Trinajstić information content (AvgIpc) is 2.79. The first kappa shape index (κ1) is 23.1. The first-order valence-corrected chi connectivity index (χ1v) is 11.3. The largest absolute Gasteiger partial charge is 0.355 e. The lowest BCUT2D eigenvalue weighted by Crippen LogP contribution is -2.17. The molecule has 0 aromatic heterocycles. The highest BCUT2D eigenvalue weighted by molar-refractivity contribution is 7.92. The minimum atomic E-state index is -3.85. The Bertz CT molecular complexity index is 1260. The van der Waals surface area contributed by atoms with E-state index < -0.39 is 15.9 Å². The van der Waals surface area contributed by atoms with Crippen LogP contribution in [0.3, 0.4) is 0 Å². The van der Waals surface area contributed by atoms with Gasteiger partial charge >= 0.3 is 0 Å². The Morgan fingerprint density at radius 3 is 2.25 bits per heavy atom. The fraction of sp³-hybridized carbons (Fsp3) is 0.0435. The molecule has 0 aliphatic heterocycles. The summed E-state index contributed by atoms with van der Waals surface area (Å²) in [5.41, 5.74) is 1.94. The van der Waals surface area contributed by atoms with Gasteiger partial charge in [0.05, 0.1) is 4.90 Å². The maximum Gasteiger partial charge on any atom is 0.261 e. The number of carbonyl (C=O) groups is 2. The van der Waals surface area contributed by atoms with Crippen LogP contribution in [0.1, 0.15) is 15.9 Å². The number of rotatable bonds is 7. The lowest BCUT2D eigenvalue weighted by atomic mass is 10.1. The Balaban J connectivity index is 1.67. The van der Waals surface area contributed by atoms with Crippen LogP contribution in [0, 0.1) is 0 Å². The van der Waals surface area contributed by atoms with Gasteiger partial charge in [0.25, 0.3) is 15.9 Å². The summed E-state index contributed by atoms with van der Waals surface area (Å²) in [6.45, 7) is 0. The van der Waals surface area contributed by atoms with Gasteiger partial charge in [-0.3, -0.25) is 14.3 Å². The zero-order chi connectivity index (χ0) is 23.1. The van der Waals surface area contributed by atoms with Crippen molar-refractivity contribution < 1.29 is 18.0 Å². The van der Waals surface area contributed by atoms with Crippen LogP contribution in [-0.4, -0.2) is 27.3 Å². The predicted octanol–water partition coefficient (Wildman–Crippen LogP) is 4.15. The van der Waals surface area contributed by atoms with Crippen molar-refractivity contribution in [2.24, 2.45) is 0 Å². The molecule has 3 aromatic carbocycles. The summed E-state index contributed by atoms with van der Waals surface area (Å²) in [4.78, 5) is 23.8. The molecule has 0 radical (unpaired) electrons. The second-order valence-corrected chi connectivity index (χ2v) is 8.78. The van der Waals surface area contributed by atoms with Gasteiger partial charge in [-0.2, -0.15) is 0 Å². The van der Waals surface area contributed by atoms with Crippen LogP contribution in [0.2, 0.25) is 5.02 Å². The maximum absolute atomic E-state index is 12.6. The van der Waals surface area contributed by atoms with Gasteiger partial charge in [0.15, 0.2) is 0 Å². The predicted molar refractivity (Wildman–Crippen MR) is 126 cm³/mol. The minimum Gasteiger partial charge on any atom is -0.355 e. The van der Waals surface area contributed by atoms with Crippen LogP contribution < -0.4 is 15.4 Å². The van der Waals surface area contributed by atoms with Crippen molar-refractivity contribution in [2.45, 2.75) is 4.90 Å². The van der Waals surface area contributed by atoms with E-state index in [-0.39, 0.29) is 10.8 Å². The fourth-order valence-electron chi connectivity index (χ4n) is 2.72. The molecular formula is C23H20ClN3O4S. The zero-order valence-electron chi connectivity index (χ0n) is 17.0. The van der Waals surface area contributed by atoms with Gasteiger partial charge in [-0.15, -0.1) is 0 Å². The normalized spacial score (nSPS) is 11.2.